The number of tetrazole rings is 1. The monoisotopic (exact) mass is 464 g/mol. The molecule has 1 aliphatic carbocycles. The second kappa shape index (κ2) is 10.5. The lowest BCUT2D eigenvalue weighted by molar-refractivity contribution is -0.124. The molecular weight excluding hydrogens is 435 g/mol. The van der Waals surface area contributed by atoms with Crippen LogP contribution in [0.15, 0.2) is 42.5 Å². The minimum absolute atomic E-state index is 0.0842. The predicted octanol–water partition coefficient (Wildman–Crippen LogP) is 3.58. The molecule has 3 aromatic rings. The maximum Gasteiger partial charge on any atom is 0.251 e. The highest BCUT2D eigenvalue weighted by molar-refractivity contribution is 5.99. The summed E-state index contributed by atoms with van der Waals surface area (Å²) in [6.07, 6.45) is 5.36. The number of hydrogen-bond acceptors (Lipinski definition) is 5. The van der Waals surface area contributed by atoms with E-state index in [1.54, 1.807) is 12.1 Å². The molecule has 1 N–H and O–H groups in total. The predicted molar refractivity (Wildman–Crippen MR) is 126 cm³/mol. The quantitative estimate of drug-likeness (QED) is 0.577. The summed E-state index contributed by atoms with van der Waals surface area (Å²) in [5.41, 5.74) is 3.24. The van der Waals surface area contributed by atoms with Crippen LogP contribution in [-0.4, -0.2) is 44.6 Å². The van der Waals surface area contributed by atoms with Crippen molar-refractivity contribution in [1.82, 2.24) is 25.5 Å². The number of hydrogen-bond donors (Lipinski definition) is 1. The fourth-order valence-electron chi connectivity index (χ4n) is 4.23. The molecule has 34 heavy (non-hydrogen) atoms. The third kappa shape index (κ3) is 5.65. The Labute approximate surface area is 198 Å². The van der Waals surface area contributed by atoms with Crippen molar-refractivity contribution in [2.45, 2.75) is 58.5 Å². The highest BCUT2D eigenvalue weighted by Crippen LogP contribution is 2.24. The number of halogens is 1. The number of nitrogens with one attached hydrogen (secondary N) is 1. The van der Waals surface area contributed by atoms with Crippen molar-refractivity contribution in [3.8, 4) is 11.4 Å². The van der Waals surface area contributed by atoms with Crippen molar-refractivity contribution in [2.75, 3.05) is 11.4 Å². The Morgan fingerprint density at radius 1 is 1.09 bits per heavy atom. The van der Waals surface area contributed by atoms with Gasteiger partial charge in [-0.25, -0.2) is 4.39 Å². The minimum atomic E-state index is -0.359. The van der Waals surface area contributed by atoms with Crippen LogP contribution >= 0.6 is 0 Å². The molecule has 0 unspecified atom stereocenters. The molecule has 1 aromatic heterocycles. The topological polar surface area (TPSA) is 93.0 Å². The van der Waals surface area contributed by atoms with Crippen LogP contribution in [0.1, 0.15) is 43.2 Å². The number of carbonyl (C=O) groups excluding carboxylic acids is 2. The van der Waals surface area contributed by atoms with Gasteiger partial charge >= 0.3 is 0 Å². The summed E-state index contributed by atoms with van der Waals surface area (Å²) in [4.78, 5) is 28.9. The molecule has 1 fully saturated rings. The van der Waals surface area contributed by atoms with Crippen LogP contribution in [0.4, 0.5) is 10.1 Å². The Morgan fingerprint density at radius 3 is 2.56 bits per heavy atom. The summed E-state index contributed by atoms with van der Waals surface area (Å²) in [5, 5.41) is 15.3. The number of anilines is 1. The first-order chi connectivity index (χ1) is 16.4. The Hall–Kier alpha value is -3.62. The van der Waals surface area contributed by atoms with Gasteiger partial charge in [-0.05, 0) is 73.4 Å². The molecule has 1 heterocycles. The van der Waals surface area contributed by atoms with E-state index in [1.165, 1.54) is 28.2 Å². The van der Waals surface area contributed by atoms with Gasteiger partial charge in [0.05, 0.1) is 0 Å². The highest BCUT2D eigenvalue weighted by Gasteiger charge is 2.24. The lowest BCUT2D eigenvalue weighted by Gasteiger charge is -2.27. The molecule has 9 heteroatoms. The summed E-state index contributed by atoms with van der Waals surface area (Å²) in [7, 11) is 0. The van der Waals surface area contributed by atoms with Crippen LogP contribution < -0.4 is 10.2 Å². The van der Waals surface area contributed by atoms with Gasteiger partial charge in [0.25, 0.3) is 5.91 Å². The van der Waals surface area contributed by atoms with Gasteiger partial charge in [-0.15, -0.1) is 10.2 Å². The van der Waals surface area contributed by atoms with E-state index in [2.05, 4.69) is 20.7 Å². The molecule has 1 saturated carbocycles. The number of amides is 2. The first kappa shape index (κ1) is 23.5. The molecule has 8 nitrogen and oxygen atoms in total. The number of aryl methyl sites for hydroxylation is 1. The van der Waals surface area contributed by atoms with E-state index in [1.807, 2.05) is 32.0 Å². The molecule has 2 aromatic carbocycles. The molecular formula is C25H29FN6O2. The Balaban J connectivity index is 1.52. The Kier molecular flexibility index (Phi) is 7.30. The van der Waals surface area contributed by atoms with E-state index < -0.39 is 0 Å². The standard InChI is InChI=1S/C25H29FN6O2/c1-17-7-6-10-22(18(17)2)31(15-23(33)27-21-8-4-3-5-9-21)24(34)16-32-29-25(28-30-32)19-11-13-20(26)14-12-19/h6-7,10-14,21H,3-5,8-9,15-16H2,1-2H3,(H,27,33). The van der Waals surface area contributed by atoms with Crippen molar-refractivity contribution in [2.24, 2.45) is 0 Å². The van der Waals surface area contributed by atoms with E-state index >= 15 is 0 Å². The maximum absolute atomic E-state index is 13.4. The molecule has 2 amide bonds. The third-order valence-electron chi connectivity index (χ3n) is 6.27. The van der Waals surface area contributed by atoms with Crippen LogP contribution in [-0.2, 0) is 16.1 Å². The molecule has 4 rings (SSSR count). The molecule has 178 valence electrons. The first-order valence-electron chi connectivity index (χ1n) is 11.6. The summed E-state index contributed by atoms with van der Waals surface area (Å²) in [5.74, 6) is -0.571. The number of aromatic nitrogens is 4. The van der Waals surface area contributed by atoms with Gasteiger partial charge in [0, 0.05) is 17.3 Å². The van der Waals surface area contributed by atoms with Gasteiger partial charge in [0.1, 0.15) is 18.9 Å². The molecule has 1 aliphatic rings. The molecule has 0 radical (unpaired) electrons. The second-order valence-corrected chi connectivity index (χ2v) is 8.75. The molecule has 0 atom stereocenters. The van der Waals surface area contributed by atoms with Crippen LogP contribution in [0.2, 0.25) is 0 Å². The van der Waals surface area contributed by atoms with E-state index in [0.717, 1.165) is 36.8 Å². The maximum atomic E-state index is 13.4. The zero-order chi connectivity index (χ0) is 24.1. The number of benzene rings is 2. The van der Waals surface area contributed by atoms with Gasteiger partial charge in [-0.2, -0.15) is 4.80 Å². The van der Waals surface area contributed by atoms with E-state index in [-0.39, 0.29) is 36.8 Å². The van der Waals surface area contributed by atoms with Crippen molar-refractivity contribution >= 4 is 17.5 Å². The number of nitrogens with zero attached hydrogens (tertiary/aromatic N) is 5. The number of rotatable bonds is 7. The summed E-state index contributed by atoms with van der Waals surface area (Å²) >= 11 is 0. The van der Waals surface area contributed by atoms with Crippen molar-refractivity contribution < 1.29 is 14.0 Å². The normalized spacial score (nSPS) is 14.1. The van der Waals surface area contributed by atoms with Gasteiger partial charge in [-0.3, -0.25) is 9.59 Å². The van der Waals surface area contributed by atoms with E-state index in [4.69, 9.17) is 0 Å². The van der Waals surface area contributed by atoms with Crippen LogP contribution in [0.5, 0.6) is 0 Å². The average Bonchev–Trinajstić information content (AvgIpc) is 3.29. The van der Waals surface area contributed by atoms with Crippen molar-refractivity contribution in [3.05, 3.63) is 59.4 Å². The van der Waals surface area contributed by atoms with Gasteiger partial charge < -0.3 is 10.2 Å². The van der Waals surface area contributed by atoms with Crippen LogP contribution in [0.3, 0.4) is 0 Å². The fraction of sp³-hybridized carbons (Fsp3) is 0.400. The number of carbonyl (C=O) groups is 2. The van der Waals surface area contributed by atoms with E-state index in [9.17, 15) is 14.0 Å². The lowest BCUT2D eigenvalue weighted by atomic mass is 9.95. The van der Waals surface area contributed by atoms with Crippen molar-refractivity contribution in [1.29, 1.82) is 0 Å². The highest BCUT2D eigenvalue weighted by atomic mass is 19.1. The zero-order valence-electron chi connectivity index (χ0n) is 19.5. The van der Waals surface area contributed by atoms with Gasteiger partial charge in [0.2, 0.25) is 11.7 Å². The summed E-state index contributed by atoms with van der Waals surface area (Å²) < 4.78 is 13.2. The van der Waals surface area contributed by atoms with Gasteiger partial charge in [0.15, 0.2) is 0 Å². The van der Waals surface area contributed by atoms with Crippen LogP contribution in [0, 0.1) is 19.7 Å². The summed E-state index contributed by atoms with van der Waals surface area (Å²) in [6, 6.07) is 11.6. The molecule has 0 bridgehead atoms. The van der Waals surface area contributed by atoms with Crippen molar-refractivity contribution in [3.63, 3.8) is 0 Å². The smallest absolute Gasteiger partial charge is 0.251 e. The zero-order valence-corrected chi connectivity index (χ0v) is 19.5. The van der Waals surface area contributed by atoms with E-state index in [0.29, 0.717) is 17.1 Å². The Bertz CT molecular complexity index is 1150. The SMILES string of the molecule is Cc1cccc(N(CC(=O)NC2CCCCC2)C(=O)Cn2nnc(-c3ccc(F)cc3)n2)c1C. The largest absolute Gasteiger partial charge is 0.352 e. The Morgan fingerprint density at radius 2 is 1.82 bits per heavy atom. The average molecular weight is 465 g/mol. The van der Waals surface area contributed by atoms with Crippen LogP contribution in [0.25, 0.3) is 11.4 Å². The first-order valence-corrected chi connectivity index (χ1v) is 11.6. The second-order valence-electron chi connectivity index (χ2n) is 8.75. The summed E-state index contributed by atoms with van der Waals surface area (Å²) in [6.45, 7) is 3.64. The van der Waals surface area contributed by atoms with Gasteiger partial charge in [-0.1, -0.05) is 31.4 Å². The molecule has 0 aliphatic heterocycles. The minimum Gasteiger partial charge on any atom is -0.352 e. The third-order valence-corrected chi connectivity index (χ3v) is 6.27. The lowest BCUT2D eigenvalue weighted by Crippen LogP contribution is -2.46. The molecule has 0 spiro atoms. The molecule has 0 saturated heterocycles. The fourth-order valence-corrected chi connectivity index (χ4v) is 4.23.